The fourth-order valence-electron chi connectivity index (χ4n) is 3.11. The average Bonchev–Trinajstić information content (AvgIpc) is 2.62. The third-order valence-corrected chi connectivity index (χ3v) is 4.38. The van der Waals surface area contributed by atoms with Crippen LogP contribution in [0.15, 0.2) is 29.2 Å². The van der Waals surface area contributed by atoms with Gasteiger partial charge in [0.25, 0.3) is 0 Å². The van der Waals surface area contributed by atoms with Crippen molar-refractivity contribution in [3.05, 3.63) is 40.2 Å². The Labute approximate surface area is 141 Å². The maximum Gasteiger partial charge on any atom is 0.343 e. The second-order valence-corrected chi connectivity index (χ2v) is 5.82. The molecule has 24 heavy (non-hydrogen) atoms. The lowest BCUT2D eigenvalue weighted by atomic mass is 10.1. The lowest BCUT2D eigenvalue weighted by Gasteiger charge is -2.29. The van der Waals surface area contributed by atoms with Crippen molar-refractivity contribution in [3.8, 4) is 0 Å². The molecule has 0 bridgehead atoms. The van der Waals surface area contributed by atoms with Gasteiger partial charge in [-0.15, -0.1) is 0 Å². The minimum atomic E-state index is -0.558. The Bertz CT molecular complexity index is 807. The third kappa shape index (κ3) is 3.01. The van der Waals surface area contributed by atoms with Gasteiger partial charge in [-0.25, -0.2) is 4.79 Å². The molecule has 1 fully saturated rings. The summed E-state index contributed by atoms with van der Waals surface area (Å²) in [5.74, 6) is -0.558. The highest BCUT2D eigenvalue weighted by molar-refractivity contribution is 5.94. The normalized spacial score (nSPS) is 14.8. The summed E-state index contributed by atoms with van der Waals surface area (Å²) in [4.78, 5) is 27.0. The number of rotatable bonds is 4. The Morgan fingerprint density at radius 3 is 2.67 bits per heavy atom. The summed E-state index contributed by atoms with van der Waals surface area (Å²) in [7, 11) is 0. The molecule has 1 aliphatic heterocycles. The maximum atomic E-state index is 12.7. The van der Waals surface area contributed by atoms with Gasteiger partial charge in [0.15, 0.2) is 0 Å². The van der Waals surface area contributed by atoms with Crippen LogP contribution >= 0.6 is 0 Å². The number of esters is 1. The summed E-state index contributed by atoms with van der Waals surface area (Å²) in [5, 5.41) is 3.89. The van der Waals surface area contributed by atoms with E-state index in [0.29, 0.717) is 11.9 Å². The van der Waals surface area contributed by atoms with E-state index in [2.05, 4.69) is 10.2 Å². The molecule has 2 aromatic rings. The Hall–Kier alpha value is -2.34. The van der Waals surface area contributed by atoms with Crippen LogP contribution in [0.5, 0.6) is 0 Å². The smallest absolute Gasteiger partial charge is 0.343 e. The van der Waals surface area contributed by atoms with E-state index in [-0.39, 0.29) is 17.6 Å². The van der Waals surface area contributed by atoms with E-state index < -0.39 is 5.97 Å². The third-order valence-electron chi connectivity index (χ3n) is 4.38. The van der Waals surface area contributed by atoms with Crippen LogP contribution in [0, 0.1) is 0 Å². The van der Waals surface area contributed by atoms with Crippen molar-refractivity contribution < 1.29 is 9.53 Å². The number of anilines is 1. The van der Waals surface area contributed by atoms with E-state index in [1.807, 2.05) is 29.7 Å². The molecule has 1 N–H and O–H groups in total. The zero-order valence-corrected chi connectivity index (χ0v) is 14.2. The van der Waals surface area contributed by atoms with E-state index in [0.717, 1.165) is 37.4 Å². The largest absolute Gasteiger partial charge is 0.462 e. The first-order valence-corrected chi connectivity index (χ1v) is 8.45. The highest BCUT2D eigenvalue weighted by Gasteiger charge is 2.18. The van der Waals surface area contributed by atoms with Gasteiger partial charge in [0.1, 0.15) is 5.56 Å². The van der Waals surface area contributed by atoms with Crippen molar-refractivity contribution in [1.29, 1.82) is 0 Å². The highest BCUT2D eigenvalue weighted by atomic mass is 16.5. The Morgan fingerprint density at radius 2 is 2.00 bits per heavy atom. The van der Waals surface area contributed by atoms with Gasteiger partial charge >= 0.3 is 5.97 Å². The van der Waals surface area contributed by atoms with Gasteiger partial charge in [-0.1, -0.05) is 0 Å². The van der Waals surface area contributed by atoms with Gasteiger partial charge in [0.2, 0.25) is 5.43 Å². The molecule has 6 heteroatoms. The monoisotopic (exact) mass is 329 g/mol. The molecule has 0 saturated carbocycles. The fraction of sp³-hybridized carbons (Fsp3) is 0.444. The van der Waals surface area contributed by atoms with Crippen molar-refractivity contribution in [2.45, 2.75) is 20.4 Å². The van der Waals surface area contributed by atoms with Gasteiger partial charge in [-0.2, -0.15) is 0 Å². The van der Waals surface area contributed by atoms with E-state index in [1.54, 1.807) is 13.1 Å². The number of hydrogen-bond acceptors (Lipinski definition) is 5. The number of piperazine rings is 1. The number of benzene rings is 1. The molecule has 1 aromatic heterocycles. The molecule has 128 valence electrons. The summed E-state index contributed by atoms with van der Waals surface area (Å²) in [6.45, 7) is 8.47. The van der Waals surface area contributed by atoms with Gasteiger partial charge in [-0.05, 0) is 32.0 Å². The topological polar surface area (TPSA) is 63.6 Å². The molecule has 0 amide bonds. The van der Waals surface area contributed by atoms with Gasteiger partial charge < -0.3 is 19.5 Å². The first-order valence-electron chi connectivity index (χ1n) is 8.45. The van der Waals surface area contributed by atoms with E-state index in [1.165, 1.54) is 0 Å². The molecule has 0 spiro atoms. The van der Waals surface area contributed by atoms with Crippen molar-refractivity contribution in [3.63, 3.8) is 0 Å². The van der Waals surface area contributed by atoms with Gasteiger partial charge in [0, 0.05) is 50.0 Å². The fourth-order valence-corrected chi connectivity index (χ4v) is 3.11. The van der Waals surface area contributed by atoms with Crippen molar-refractivity contribution in [1.82, 2.24) is 9.88 Å². The molecular weight excluding hydrogens is 306 g/mol. The summed E-state index contributed by atoms with van der Waals surface area (Å²) in [6, 6.07) is 5.83. The summed E-state index contributed by atoms with van der Waals surface area (Å²) < 4.78 is 6.95. The average molecular weight is 329 g/mol. The molecule has 0 aliphatic carbocycles. The predicted octanol–water partition coefficient (Wildman–Crippen LogP) is 1.61. The number of aryl methyl sites for hydroxylation is 1. The van der Waals surface area contributed by atoms with Crippen LogP contribution in [0.2, 0.25) is 0 Å². The number of aromatic nitrogens is 1. The molecular formula is C18H23N3O3. The zero-order chi connectivity index (χ0) is 17.1. The molecule has 0 unspecified atom stereocenters. The number of pyridine rings is 1. The first-order chi connectivity index (χ1) is 11.7. The van der Waals surface area contributed by atoms with Crippen LogP contribution in [0.25, 0.3) is 10.9 Å². The quantitative estimate of drug-likeness (QED) is 0.864. The Balaban J connectivity index is 2.11. The number of hydrogen-bond donors (Lipinski definition) is 1. The molecule has 2 heterocycles. The Morgan fingerprint density at radius 1 is 1.25 bits per heavy atom. The summed E-state index contributed by atoms with van der Waals surface area (Å²) >= 11 is 0. The van der Waals surface area contributed by atoms with Gasteiger partial charge in [0.05, 0.1) is 12.1 Å². The molecule has 1 saturated heterocycles. The molecule has 0 atom stereocenters. The van der Waals surface area contributed by atoms with Crippen LogP contribution in [0.3, 0.4) is 0 Å². The number of fused-ring (bicyclic) bond motifs is 1. The number of carbonyl (C=O) groups excluding carboxylic acids is 1. The van der Waals surface area contributed by atoms with E-state index >= 15 is 0 Å². The minimum Gasteiger partial charge on any atom is -0.462 e. The van der Waals surface area contributed by atoms with Crippen LogP contribution < -0.4 is 15.6 Å². The lowest BCUT2D eigenvalue weighted by Crippen LogP contribution is -2.43. The summed E-state index contributed by atoms with van der Waals surface area (Å²) in [5.41, 5.74) is 1.79. The van der Waals surface area contributed by atoms with Crippen LogP contribution in [-0.2, 0) is 11.3 Å². The molecule has 1 aliphatic rings. The number of nitrogens with zero attached hydrogens (tertiary/aromatic N) is 2. The van der Waals surface area contributed by atoms with Crippen molar-refractivity contribution in [2.24, 2.45) is 0 Å². The second-order valence-electron chi connectivity index (χ2n) is 5.82. The minimum absolute atomic E-state index is 0.0983. The SMILES string of the molecule is CCOC(=O)c1cn(CC)c2cc(N3CCNCC3)ccc2c1=O. The number of carbonyl (C=O) groups is 1. The first kappa shape index (κ1) is 16.5. The lowest BCUT2D eigenvalue weighted by molar-refractivity contribution is 0.0524. The van der Waals surface area contributed by atoms with Gasteiger partial charge in [-0.3, -0.25) is 4.79 Å². The predicted molar refractivity (Wildman–Crippen MR) is 94.9 cm³/mol. The van der Waals surface area contributed by atoms with Crippen LogP contribution in [0.4, 0.5) is 5.69 Å². The Kier molecular flexibility index (Phi) is 4.85. The van der Waals surface area contributed by atoms with Crippen LogP contribution in [-0.4, -0.2) is 43.3 Å². The second kappa shape index (κ2) is 7.05. The molecule has 1 aromatic carbocycles. The molecule has 6 nitrogen and oxygen atoms in total. The van der Waals surface area contributed by atoms with Crippen molar-refractivity contribution in [2.75, 3.05) is 37.7 Å². The highest BCUT2D eigenvalue weighted by Crippen LogP contribution is 2.22. The number of ether oxygens (including phenoxy) is 1. The molecule has 3 rings (SSSR count). The van der Waals surface area contributed by atoms with Crippen molar-refractivity contribution >= 4 is 22.6 Å². The maximum absolute atomic E-state index is 12.7. The summed E-state index contributed by atoms with van der Waals surface area (Å²) in [6.07, 6.45) is 1.62. The zero-order valence-electron chi connectivity index (χ0n) is 14.2. The van der Waals surface area contributed by atoms with Crippen LogP contribution in [0.1, 0.15) is 24.2 Å². The van der Waals surface area contributed by atoms with E-state index in [4.69, 9.17) is 4.74 Å². The standard InChI is InChI=1S/C18H23N3O3/c1-3-20-12-15(18(23)24-4-2)17(22)14-6-5-13(11-16(14)20)21-9-7-19-8-10-21/h5-6,11-12,19H,3-4,7-10H2,1-2H3. The van der Waals surface area contributed by atoms with E-state index in [9.17, 15) is 9.59 Å². The molecule has 0 radical (unpaired) electrons. The number of nitrogens with one attached hydrogen (secondary N) is 1.